The number of anilines is 2. The number of nitrogen functional groups attached to an aromatic ring is 1. The highest BCUT2D eigenvalue weighted by Gasteiger charge is 2.53. The van der Waals surface area contributed by atoms with Crippen molar-refractivity contribution in [3.05, 3.63) is 59.7 Å². The molecule has 4 aliphatic carbocycles. The van der Waals surface area contributed by atoms with E-state index in [1.807, 2.05) is 24.3 Å². The Morgan fingerprint density at radius 1 is 0.950 bits per heavy atom. The second-order valence-electron chi connectivity index (χ2n) is 12.7. The highest BCUT2D eigenvalue weighted by Crippen LogP contribution is 2.62. The Morgan fingerprint density at radius 3 is 2.27 bits per heavy atom. The van der Waals surface area contributed by atoms with Gasteiger partial charge in [0.25, 0.3) is 0 Å². The molecule has 1 unspecified atom stereocenters. The number of carbonyl (C=O) groups is 4. The van der Waals surface area contributed by atoms with E-state index in [4.69, 9.17) is 5.73 Å². The van der Waals surface area contributed by atoms with Crippen LogP contribution in [0.2, 0.25) is 0 Å². The Balaban J connectivity index is 1.44. The largest absolute Gasteiger partial charge is 0.481 e. The highest BCUT2D eigenvalue weighted by atomic mass is 16.4. The first-order valence-corrected chi connectivity index (χ1v) is 14.5. The number of carbonyl (C=O) groups excluding carboxylic acids is 3. The van der Waals surface area contributed by atoms with Crippen LogP contribution in [0.15, 0.2) is 48.5 Å². The third-order valence-electron chi connectivity index (χ3n) is 9.71. The van der Waals surface area contributed by atoms with Gasteiger partial charge in [0.15, 0.2) is 5.78 Å². The Hall–Kier alpha value is -3.68. The standard InChI is InChI=1S/C32H37N3O5/c33-24-5-3-4-20(13-24)19-35-26-7-2-1-6-25(26)28(36)8-9-34(29(37)14-30(38)39)27(31(35)40)18-32-15-21-10-22(16-32)12-23(11-21)17-32/h1-7,13,21-23,27H,8-12,14-19,33H2,(H,38,39). The van der Waals surface area contributed by atoms with Crippen molar-refractivity contribution in [2.24, 2.45) is 23.2 Å². The van der Waals surface area contributed by atoms with Gasteiger partial charge in [0.1, 0.15) is 12.5 Å². The summed E-state index contributed by atoms with van der Waals surface area (Å²) in [6.07, 6.45) is 6.73. The smallest absolute Gasteiger partial charge is 0.312 e. The average molecular weight is 544 g/mol. The fraction of sp³-hybridized carbons (Fsp3) is 0.500. The monoisotopic (exact) mass is 543 g/mol. The predicted molar refractivity (Wildman–Crippen MR) is 150 cm³/mol. The summed E-state index contributed by atoms with van der Waals surface area (Å²) in [7, 11) is 0. The molecule has 40 heavy (non-hydrogen) atoms. The molecule has 2 aromatic rings. The molecule has 1 heterocycles. The van der Waals surface area contributed by atoms with Crippen LogP contribution in [0.4, 0.5) is 11.4 Å². The van der Waals surface area contributed by atoms with E-state index in [0.717, 1.165) is 24.8 Å². The van der Waals surface area contributed by atoms with Gasteiger partial charge in [-0.25, -0.2) is 0 Å². The maximum absolute atomic E-state index is 14.8. The quantitative estimate of drug-likeness (QED) is 0.404. The minimum Gasteiger partial charge on any atom is -0.481 e. The zero-order valence-corrected chi connectivity index (χ0v) is 22.8. The maximum Gasteiger partial charge on any atom is 0.312 e. The highest BCUT2D eigenvalue weighted by molar-refractivity contribution is 6.08. The van der Waals surface area contributed by atoms with Crippen molar-refractivity contribution in [1.29, 1.82) is 0 Å². The lowest BCUT2D eigenvalue weighted by atomic mass is 9.48. The van der Waals surface area contributed by atoms with E-state index >= 15 is 0 Å². The van der Waals surface area contributed by atoms with Gasteiger partial charge in [-0.2, -0.15) is 0 Å². The fourth-order valence-electron chi connectivity index (χ4n) is 8.60. The number of amides is 2. The topological polar surface area (TPSA) is 121 Å². The molecule has 7 rings (SSSR count). The lowest BCUT2D eigenvalue weighted by molar-refractivity contribution is -0.149. The van der Waals surface area contributed by atoms with Crippen LogP contribution in [0.1, 0.15) is 73.7 Å². The molecule has 4 saturated carbocycles. The number of ketones is 1. The van der Waals surface area contributed by atoms with Crippen molar-refractivity contribution in [3.8, 4) is 0 Å². The Bertz CT molecular complexity index is 1320. The number of benzene rings is 2. The Kier molecular flexibility index (Phi) is 6.88. The third kappa shape index (κ3) is 5.11. The van der Waals surface area contributed by atoms with Gasteiger partial charge < -0.3 is 20.6 Å². The molecular weight excluding hydrogens is 506 g/mol. The summed E-state index contributed by atoms with van der Waals surface area (Å²) in [6.45, 7) is 0.209. The third-order valence-corrected chi connectivity index (χ3v) is 9.71. The number of fused-ring (bicyclic) bond motifs is 1. The van der Waals surface area contributed by atoms with Gasteiger partial charge >= 0.3 is 5.97 Å². The van der Waals surface area contributed by atoms with E-state index in [0.29, 0.717) is 41.1 Å². The SMILES string of the molecule is Nc1cccc(CN2C(=O)C(CC34CC5CC(CC(C5)C3)C4)N(C(=O)CC(=O)O)CCC(=O)c3ccccc32)c1. The molecule has 8 nitrogen and oxygen atoms in total. The summed E-state index contributed by atoms with van der Waals surface area (Å²) in [5.74, 6) is -0.316. The van der Waals surface area contributed by atoms with Gasteiger partial charge in [0, 0.05) is 24.2 Å². The van der Waals surface area contributed by atoms with Crippen molar-refractivity contribution in [1.82, 2.24) is 4.90 Å². The average Bonchev–Trinajstić information content (AvgIpc) is 2.92. The van der Waals surface area contributed by atoms with Gasteiger partial charge in [-0.3, -0.25) is 19.2 Å². The molecule has 1 aliphatic heterocycles. The molecule has 1 atom stereocenters. The molecule has 5 aliphatic rings. The minimum absolute atomic E-state index is 0.0220. The van der Waals surface area contributed by atoms with Gasteiger partial charge in [0.05, 0.1) is 12.2 Å². The van der Waals surface area contributed by atoms with Gasteiger partial charge in [0.2, 0.25) is 11.8 Å². The van der Waals surface area contributed by atoms with Gasteiger partial charge in [-0.05, 0) is 97.9 Å². The summed E-state index contributed by atoms with van der Waals surface area (Å²) in [5.41, 5.74) is 8.35. The van der Waals surface area contributed by atoms with Crippen molar-refractivity contribution in [2.45, 2.75) is 70.4 Å². The molecule has 0 radical (unpaired) electrons. The van der Waals surface area contributed by atoms with Crippen molar-refractivity contribution < 1.29 is 24.3 Å². The van der Waals surface area contributed by atoms with E-state index in [9.17, 15) is 24.3 Å². The van der Waals surface area contributed by atoms with E-state index in [1.165, 1.54) is 24.2 Å². The molecule has 0 spiro atoms. The molecule has 3 N–H and O–H groups in total. The zero-order chi connectivity index (χ0) is 28.0. The molecular formula is C32H37N3O5. The zero-order valence-electron chi connectivity index (χ0n) is 22.8. The fourth-order valence-corrected chi connectivity index (χ4v) is 8.60. The number of Topliss-reactive ketones (excluding diaryl/α,β-unsaturated/α-hetero) is 1. The van der Waals surface area contributed by atoms with E-state index < -0.39 is 24.3 Å². The maximum atomic E-state index is 14.8. The first-order valence-electron chi connectivity index (χ1n) is 14.5. The van der Waals surface area contributed by atoms with E-state index in [2.05, 4.69) is 0 Å². The van der Waals surface area contributed by atoms with Crippen LogP contribution in [0.5, 0.6) is 0 Å². The summed E-state index contributed by atoms with van der Waals surface area (Å²) >= 11 is 0. The number of rotatable bonds is 6. The number of carboxylic acids is 1. The van der Waals surface area contributed by atoms with E-state index in [1.54, 1.807) is 29.2 Å². The molecule has 0 saturated heterocycles. The second-order valence-corrected chi connectivity index (χ2v) is 12.7. The van der Waals surface area contributed by atoms with Crippen LogP contribution in [0, 0.1) is 23.2 Å². The van der Waals surface area contributed by atoms with Crippen molar-refractivity contribution in [3.63, 3.8) is 0 Å². The molecule has 2 aromatic carbocycles. The van der Waals surface area contributed by atoms with Crippen LogP contribution in [-0.2, 0) is 20.9 Å². The van der Waals surface area contributed by atoms with Crippen molar-refractivity contribution in [2.75, 3.05) is 17.2 Å². The number of hydrogen-bond donors (Lipinski definition) is 2. The van der Waals surface area contributed by atoms with Crippen LogP contribution in [0.25, 0.3) is 0 Å². The first-order chi connectivity index (χ1) is 19.2. The lowest BCUT2D eigenvalue weighted by Gasteiger charge is -2.58. The lowest BCUT2D eigenvalue weighted by Crippen LogP contribution is -2.56. The summed E-state index contributed by atoms with van der Waals surface area (Å²) in [5, 5.41) is 9.50. The second kappa shape index (κ2) is 10.4. The van der Waals surface area contributed by atoms with Crippen LogP contribution < -0.4 is 10.6 Å². The number of aliphatic carboxylic acids is 1. The molecule has 4 fully saturated rings. The number of hydrogen-bond acceptors (Lipinski definition) is 5. The van der Waals surface area contributed by atoms with Crippen molar-refractivity contribution >= 4 is 34.9 Å². The Labute approximate surface area is 234 Å². The molecule has 8 heteroatoms. The minimum atomic E-state index is -1.24. The van der Waals surface area contributed by atoms with Crippen LogP contribution in [0.3, 0.4) is 0 Å². The number of nitrogens with two attached hydrogens (primary N) is 1. The first kappa shape index (κ1) is 26.5. The number of carboxylic acid groups (broad SMARTS) is 1. The predicted octanol–water partition coefficient (Wildman–Crippen LogP) is 4.67. The summed E-state index contributed by atoms with van der Waals surface area (Å²) in [6, 6.07) is 13.6. The normalized spacial score (nSPS) is 29.5. The van der Waals surface area contributed by atoms with Gasteiger partial charge in [-0.15, -0.1) is 0 Å². The number of para-hydroxylation sites is 1. The summed E-state index contributed by atoms with van der Waals surface area (Å²) < 4.78 is 0. The van der Waals surface area contributed by atoms with Gasteiger partial charge in [-0.1, -0.05) is 24.3 Å². The molecule has 0 aromatic heterocycles. The molecule has 210 valence electrons. The summed E-state index contributed by atoms with van der Waals surface area (Å²) in [4.78, 5) is 56.4. The van der Waals surface area contributed by atoms with E-state index in [-0.39, 0.29) is 36.6 Å². The van der Waals surface area contributed by atoms with Crippen LogP contribution >= 0.6 is 0 Å². The molecule has 4 bridgehead atoms. The van der Waals surface area contributed by atoms with Crippen LogP contribution in [-0.4, -0.2) is 46.2 Å². The Morgan fingerprint density at radius 2 is 1.62 bits per heavy atom. The molecule has 2 amide bonds. The number of nitrogens with zero attached hydrogens (tertiary/aromatic N) is 2.